The van der Waals surface area contributed by atoms with Gasteiger partial charge in [0.15, 0.2) is 0 Å². The normalized spacial score (nSPS) is 26.9. The monoisotopic (exact) mass is 199 g/mol. The fourth-order valence-corrected chi connectivity index (χ4v) is 1.86. The summed E-state index contributed by atoms with van der Waals surface area (Å²) >= 11 is 0. The minimum atomic E-state index is -0.342. The maximum absolute atomic E-state index is 12.1. The fourth-order valence-electron chi connectivity index (χ4n) is 1.86. The summed E-state index contributed by atoms with van der Waals surface area (Å²) in [7, 11) is 0. The van der Waals surface area contributed by atoms with Crippen LogP contribution in [0.3, 0.4) is 0 Å². The quantitative estimate of drug-likeness (QED) is 0.743. The number of nitrogens with two attached hydrogens (primary N) is 1. The van der Waals surface area contributed by atoms with E-state index in [4.69, 9.17) is 10.5 Å². The average molecular weight is 199 g/mol. The molecule has 0 aromatic heterocycles. The number of carbonyl (C=O) groups is 1. The van der Waals surface area contributed by atoms with E-state index in [0.29, 0.717) is 18.9 Å². The molecular weight excluding hydrogens is 178 g/mol. The molecular formula is C11H21NO2. The molecule has 82 valence electrons. The SMILES string of the molecule is CCC(C)(CN)C(=O)C1CCCOC1. The second-order valence-electron chi connectivity index (χ2n) is 4.40. The summed E-state index contributed by atoms with van der Waals surface area (Å²) in [5.74, 6) is 0.374. The summed E-state index contributed by atoms with van der Waals surface area (Å²) in [4.78, 5) is 12.1. The van der Waals surface area contributed by atoms with E-state index in [1.54, 1.807) is 0 Å². The first-order chi connectivity index (χ1) is 6.64. The van der Waals surface area contributed by atoms with Crippen molar-refractivity contribution in [3.8, 4) is 0 Å². The molecule has 0 spiro atoms. The third-order valence-electron chi connectivity index (χ3n) is 3.36. The summed E-state index contributed by atoms with van der Waals surface area (Å²) in [5.41, 5.74) is 5.32. The number of carbonyl (C=O) groups excluding carboxylic acids is 1. The molecule has 1 aliphatic rings. The van der Waals surface area contributed by atoms with Gasteiger partial charge in [0.1, 0.15) is 5.78 Å². The second kappa shape index (κ2) is 4.89. The van der Waals surface area contributed by atoms with Gasteiger partial charge in [0.2, 0.25) is 0 Å². The molecule has 2 unspecified atom stereocenters. The van der Waals surface area contributed by atoms with Gasteiger partial charge in [-0.05, 0) is 19.3 Å². The van der Waals surface area contributed by atoms with Crippen molar-refractivity contribution in [3.63, 3.8) is 0 Å². The lowest BCUT2D eigenvalue weighted by atomic mass is 9.76. The fraction of sp³-hybridized carbons (Fsp3) is 0.909. The number of hydrogen-bond acceptors (Lipinski definition) is 3. The average Bonchev–Trinajstić information content (AvgIpc) is 2.28. The topological polar surface area (TPSA) is 52.3 Å². The number of ether oxygens (including phenoxy) is 1. The minimum Gasteiger partial charge on any atom is -0.381 e. The first kappa shape index (κ1) is 11.7. The van der Waals surface area contributed by atoms with Crippen LogP contribution in [0.1, 0.15) is 33.1 Å². The lowest BCUT2D eigenvalue weighted by molar-refractivity contribution is -0.135. The molecule has 1 saturated heterocycles. The number of Topliss-reactive ketones (excluding diaryl/α,β-unsaturated/α-hetero) is 1. The van der Waals surface area contributed by atoms with Crippen LogP contribution in [0, 0.1) is 11.3 Å². The van der Waals surface area contributed by atoms with E-state index in [1.165, 1.54) is 0 Å². The van der Waals surface area contributed by atoms with Crippen LogP contribution in [0.4, 0.5) is 0 Å². The van der Waals surface area contributed by atoms with Gasteiger partial charge in [0, 0.05) is 24.5 Å². The molecule has 1 rings (SSSR count). The summed E-state index contributed by atoms with van der Waals surface area (Å²) in [5, 5.41) is 0. The third kappa shape index (κ3) is 2.34. The molecule has 0 amide bonds. The van der Waals surface area contributed by atoms with Gasteiger partial charge in [-0.3, -0.25) is 4.79 Å². The highest BCUT2D eigenvalue weighted by Crippen LogP contribution is 2.28. The molecule has 2 N–H and O–H groups in total. The van der Waals surface area contributed by atoms with Gasteiger partial charge in [-0.2, -0.15) is 0 Å². The molecule has 0 saturated carbocycles. The van der Waals surface area contributed by atoms with Gasteiger partial charge in [-0.15, -0.1) is 0 Å². The predicted octanol–water partition coefficient (Wildman–Crippen LogP) is 1.36. The van der Waals surface area contributed by atoms with Gasteiger partial charge in [-0.1, -0.05) is 13.8 Å². The van der Waals surface area contributed by atoms with Crippen molar-refractivity contribution in [2.75, 3.05) is 19.8 Å². The van der Waals surface area contributed by atoms with Crippen LogP contribution in [0.2, 0.25) is 0 Å². The van der Waals surface area contributed by atoms with Crippen molar-refractivity contribution < 1.29 is 9.53 Å². The van der Waals surface area contributed by atoms with Gasteiger partial charge >= 0.3 is 0 Å². The van der Waals surface area contributed by atoms with Crippen molar-refractivity contribution in [2.45, 2.75) is 33.1 Å². The van der Waals surface area contributed by atoms with Crippen LogP contribution in [-0.2, 0) is 9.53 Å². The molecule has 1 heterocycles. The first-order valence-corrected chi connectivity index (χ1v) is 5.46. The molecule has 3 heteroatoms. The van der Waals surface area contributed by atoms with Gasteiger partial charge in [0.05, 0.1) is 6.61 Å². The van der Waals surface area contributed by atoms with Crippen molar-refractivity contribution in [2.24, 2.45) is 17.1 Å². The van der Waals surface area contributed by atoms with E-state index < -0.39 is 0 Å². The van der Waals surface area contributed by atoms with Crippen LogP contribution in [0.5, 0.6) is 0 Å². The van der Waals surface area contributed by atoms with Crippen LogP contribution >= 0.6 is 0 Å². The van der Waals surface area contributed by atoms with E-state index in [-0.39, 0.29) is 11.3 Å². The Morgan fingerprint density at radius 3 is 2.79 bits per heavy atom. The number of ketones is 1. The second-order valence-corrected chi connectivity index (χ2v) is 4.40. The molecule has 0 radical (unpaired) electrons. The zero-order valence-corrected chi connectivity index (χ0v) is 9.21. The van der Waals surface area contributed by atoms with Crippen molar-refractivity contribution in [3.05, 3.63) is 0 Å². The van der Waals surface area contributed by atoms with Gasteiger partial charge in [-0.25, -0.2) is 0 Å². The van der Waals surface area contributed by atoms with Gasteiger partial charge < -0.3 is 10.5 Å². The zero-order valence-electron chi connectivity index (χ0n) is 9.21. The standard InChI is InChI=1S/C11H21NO2/c1-3-11(2,8-12)10(13)9-5-4-6-14-7-9/h9H,3-8,12H2,1-2H3. The Morgan fingerprint density at radius 1 is 1.64 bits per heavy atom. The summed E-state index contributed by atoms with van der Waals surface area (Å²) in [6, 6.07) is 0. The largest absolute Gasteiger partial charge is 0.381 e. The first-order valence-electron chi connectivity index (χ1n) is 5.46. The Hall–Kier alpha value is -0.410. The lowest BCUT2D eigenvalue weighted by Gasteiger charge is -2.31. The number of rotatable bonds is 4. The van der Waals surface area contributed by atoms with E-state index in [1.807, 2.05) is 13.8 Å². The van der Waals surface area contributed by atoms with E-state index in [9.17, 15) is 4.79 Å². The summed E-state index contributed by atoms with van der Waals surface area (Å²) in [6.07, 6.45) is 2.79. The Labute approximate surface area is 86.0 Å². The Morgan fingerprint density at radius 2 is 2.36 bits per heavy atom. The molecule has 0 aliphatic carbocycles. The highest BCUT2D eigenvalue weighted by Gasteiger charge is 2.35. The van der Waals surface area contributed by atoms with E-state index in [2.05, 4.69) is 0 Å². The van der Waals surface area contributed by atoms with Crippen LogP contribution < -0.4 is 5.73 Å². The van der Waals surface area contributed by atoms with E-state index in [0.717, 1.165) is 25.9 Å². The zero-order chi connectivity index (χ0) is 10.6. The van der Waals surface area contributed by atoms with E-state index >= 15 is 0 Å². The highest BCUT2D eigenvalue weighted by atomic mass is 16.5. The summed E-state index contributed by atoms with van der Waals surface area (Å²) < 4.78 is 5.33. The molecule has 14 heavy (non-hydrogen) atoms. The van der Waals surface area contributed by atoms with Crippen LogP contribution in [0.15, 0.2) is 0 Å². The lowest BCUT2D eigenvalue weighted by Crippen LogP contribution is -2.41. The highest BCUT2D eigenvalue weighted by molar-refractivity contribution is 5.87. The van der Waals surface area contributed by atoms with Crippen LogP contribution in [0.25, 0.3) is 0 Å². The molecule has 2 atom stereocenters. The third-order valence-corrected chi connectivity index (χ3v) is 3.36. The molecule has 0 aromatic rings. The molecule has 3 nitrogen and oxygen atoms in total. The summed E-state index contributed by atoms with van der Waals surface area (Å²) in [6.45, 7) is 5.82. The van der Waals surface area contributed by atoms with Crippen molar-refractivity contribution in [1.29, 1.82) is 0 Å². The maximum atomic E-state index is 12.1. The van der Waals surface area contributed by atoms with Crippen LogP contribution in [-0.4, -0.2) is 25.5 Å². The smallest absolute Gasteiger partial charge is 0.145 e. The number of hydrogen-bond donors (Lipinski definition) is 1. The Bertz CT molecular complexity index is 193. The van der Waals surface area contributed by atoms with Gasteiger partial charge in [0.25, 0.3) is 0 Å². The van der Waals surface area contributed by atoms with Crippen molar-refractivity contribution >= 4 is 5.78 Å². The molecule has 0 bridgehead atoms. The molecule has 1 aliphatic heterocycles. The maximum Gasteiger partial charge on any atom is 0.145 e. The van der Waals surface area contributed by atoms with Crippen molar-refractivity contribution in [1.82, 2.24) is 0 Å². The molecule has 0 aromatic carbocycles. The Kier molecular flexibility index (Phi) is 4.08. The minimum absolute atomic E-state index is 0.0808. The molecule has 1 fully saturated rings. The Balaban J connectivity index is 2.61. The predicted molar refractivity (Wildman–Crippen MR) is 56.0 cm³/mol.